The fourth-order valence-corrected chi connectivity index (χ4v) is 3.31. The third-order valence-corrected chi connectivity index (χ3v) is 4.49. The van der Waals surface area contributed by atoms with Crippen LogP contribution in [0.25, 0.3) is 0 Å². The summed E-state index contributed by atoms with van der Waals surface area (Å²) in [6, 6.07) is 10.3. The molecule has 4 nitrogen and oxygen atoms in total. The molecule has 114 valence electrons. The van der Waals surface area contributed by atoms with Gasteiger partial charge in [-0.1, -0.05) is 31.9 Å². The normalized spacial score (nSPS) is 11.4. The summed E-state index contributed by atoms with van der Waals surface area (Å²) in [6.45, 7) is 1.71. The zero-order valence-electron chi connectivity index (χ0n) is 11.4. The van der Waals surface area contributed by atoms with E-state index in [-0.39, 0.29) is 11.7 Å². The Bertz CT molecular complexity index is 760. The molecule has 0 atom stereocenters. The number of rotatable bonds is 3. The van der Waals surface area contributed by atoms with Crippen LogP contribution in [0.2, 0.25) is 0 Å². The highest BCUT2D eigenvalue weighted by Crippen LogP contribution is 2.23. The molecular formula is C15H11Br3N2O2. The van der Waals surface area contributed by atoms with Crippen LogP contribution in [0.15, 0.2) is 54.9 Å². The first-order chi connectivity index (χ1) is 10.4. The van der Waals surface area contributed by atoms with Gasteiger partial charge in [-0.2, -0.15) is 5.10 Å². The van der Waals surface area contributed by atoms with Gasteiger partial charge in [-0.15, -0.1) is 0 Å². The van der Waals surface area contributed by atoms with Gasteiger partial charge in [0.1, 0.15) is 5.75 Å². The maximum Gasteiger partial charge on any atom is 0.272 e. The topological polar surface area (TPSA) is 61.7 Å². The van der Waals surface area contributed by atoms with E-state index in [0.717, 1.165) is 8.95 Å². The molecule has 0 unspecified atom stereocenters. The van der Waals surface area contributed by atoms with Gasteiger partial charge in [-0.3, -0.25) is 4.79 Å². The van der Waals surface area contributed by atoms with Crippen LogP contribution in [0, 0.1) is 0 Å². The molecule has 0 fully saturated rings. The summed E-state index contributed by atoms with van der Waals surface area (Å²) in [4.78, 5) is 12.1. The van der Waals surface area contributed by atoms with Crippen molar-refractivity contribution in [2.24, 2.45) is 5.10 Å². The third-order valence-electron chi connectivity index (χ3n) is 2.85. The van der Waals surface area contributed by atoms with Crippen molar-refractivity contribution in [2.75, 3.05) is 0 Å². The minimum Gasteiger partial charge on any atom is -0.507 e. The van der Waals surface area contributed by atoms with Gasteiger partial charge in [0.2, 0.25) is 0 Å². The van der Waals surface area contributed by atoms with E-state index in [1.807, 2.05) is 0 Å². The Balaban J connectivity index is 2.20. The van der Waals surface area contributed by atoms with E-state index in [2.05, 4.69) is 58.3 Å². The van der Waals surface area contributed by atoms with Crippen molar-refractivity contribution in [1.29, 1.82) is 0 Å². The summed E-state index contributed by atoms with van der Waals surface area (Å²) < 4.78 is 2.35. The summed E-state index contributed by atoms with van der Waals surface area (Å²) in [7, 11) is 0. The van der Waals surface area contributed by atoms with E-state index >= 15 is 0 Å². The predicted molar refractivity (Wildman–Crippen MR) is 97.3 cm³/mol. The molecule has 0 saturated heterocycles. The quantitative estimate of drug-likeness (QED) is 0.478. The number of nitrogens with one attached hydrogen (secondary N) is 1. The van der Waals surface area contributed by atoms with Crippen molar-refractivity contribution in [2.45, 2.75) is 6.92 Å². The van der Waals surface area contributed by atoms with E-state index in [1.54, 1.807) is 43.3 Å². The smallest absolute Gasteiger partial charge is 0.272 e. The fraction of sp³-hybridized carbons (Fsp3) is 0.0667. The minimum atomic E-state index is -0.340. The first kappa shape index (κ1) is 17.2. The molecule has 1 amide bonds. The number of nitrogens with zero attached hydrogens (tertiary/aromatic N) is 1. The van der Waals surface area contributed by atoms with Gasteiger partial charge in [0.25, 0.3) is 5.91 Å². The monoisotopic (exact) mass is 488 g/mol. The maximum atomic E-state index is 12.1. The summed E-state index contributed by atoms with van der Waals surface area (Å²) >= 11 is 10.0. The van der Waals surface area contributed by atoms with Crippen LogP contribution in [-0.4, -0.2) is 16.7 Å². The molecule has 0 bridgehead atoms. The molecule has 0 heterocycles. The molecule has 2 rings (SSSR count). The van der Waals surface area contributed by atoms with Crippen molar-refractivity contribution in [1.82, 2.24) is 5.43 Å². The van der Waals surface area contributed by atoms with Crippen LogP contribution in [0.5, 0.6) is 5.75 Å². The highest BCUT2D eigenvalue weighted by Gasteiger charge is 2.11. The lowest BCUT2D eigenvalue weighted by Crippen LogP contribution is -2.19. The van der Waals surface area contributed by atoms with Crippen molar-refractivity contribution in [3.05, 3.63) is 60.9 Å². The average molecular weight is 491 g/mol. The lowest BCUT2D eigenvalue weighted by Gasteiger charge is -2.07. The van der Waals surface area contributed by atoms with Gasteiger partial charge >= 0.3 is 0 Å². The van der Waals surface area contributed by atoms with Crippen LogP contribution >= 0.6 is 47.8 Å². The second kappa shape index (κ2) is 7.39. The molecule has 0 aromatic heterocycles. The van der Waals surface area contributed by atoms with Crippen LogP contribution in [0.1, 0.15) is 22.8 Å². The standard InChI is InChI=1S/C15H11Br3N2O2/c1-8(12-6-9(16)3-5-14(12)21)19-20-15(22)11-4-2-10(17)7-13(11)18/h2-7,21H,1H3,(H,20,22)/b19-8+. The Morgan fingerprint density at radius 3 is 2.36 bits per heavy atom. The Kier molecular flexibility index (Phi) is 5.77. The van der Waals surface area contributed by atoms with Gasteiger partial charge in [0, 0.05) is 19.0 Å². The lowest BCUT2D eigenvalue weighted by atomic mass is 10.1. The Hall–Kier alpha value is -1.18. The third kappa shape index (κ3) is 4.18. The van der Waals surface area contributed by atoms with Crippen molar-refractivity contribution >= 4 is 59.4 Å². The number of phenolic OH excluding ortho intramolecular Hbond substituents is 1. The van der Waals surface area contributed by atoms with E-state index in [1.165, 1.54) is 0 Å². The molecule has 0 spiro atoms. The number of carbonyl (C=O) groups is 1. The number of hydrazone groups is 1. The zero-order valence-corrected chi connectivity index (χ0v) is 16.2. The molecule has 2 aromatic carbocycles. The first-order valence-electron chi connectivity index (χ1n) is 6.17. The molecule has 2 N–H and O–H groups in total. The number of hydrogen-bond donors (Lipinski definition) is 2. The molecular weight excluding hydrogens is 480 g/mol. The second-order valence-corrected chi connectivity index (χ2v) is 7.11. The zero-order chi connectivity index (χ0) is 16.3. The van der Waals surface area contributed by atoms with Crippen LogP contribution in [0.4, 0.5) is 0 Å². The summed E-state index contributed by atoms with van der Waals surface area (Å²) in [6.07, 6.45) is 0. The van der Waals surface area contributed by atoms with Crippen molar-refractivity contribution < 1.29 is 9.90 Å². The number of amides is 1. The molecule has 0 aliphatic rings. The van der Waals surface area contributed by atoms with Gasteiger partial charge in [-0.25, -0.2) is 5.43 Å². The van der Waals surface area contributed by atoms with Crippen molar-refractivity contribution in [3.8, 4) is 5.75 Å². The molecule has 2 aromatic rings. The summed E-state index contributed by atoms with van der Waals surface area (Å²) in [5, 5.41) is 13.9. The second-order valence-electron chi connectivity index (χ2n) is 4.42. The molecule has 0 saturated carbocycles. The van der Waals surface area contributed by atoms with Crippen LogP contribution in [0.3, 0.4) is 0 Å². The number of carbonyl (C=O) groups excluding carboxylic acids is 1. The summed E-state index contributed by atoms with van der Waals surface area (Å²) in [5.74, 6) is -0.239. The van der Waals surface area contributed by atoms with E-state index in [0.29, 0.717) is 21.3 Å². The predicted octanol–water partition coefficient (Wildman–Crippen LogP) is 4.83. The van der Waals surface area contributed by atoms with Gasteiger partial charge in [0.05, 0.1) is 11.3 Å². The molecule has 0 aliphatic carbocycles. The maximum absolute atomic E-state index is 12.1. The van der Waals surface area contributed by atoms with E-state index in [4.69, 9.17) is 0 Å². The number of halogens is 3. The Labute approximate surface area is 153 Å². The SMILES string of the molecule is C/C(=N\NC(=O)c1ccc(Br)cc1Br)c1cc(Br)ccc1O. The van der Waals surface area contributed by atoms with E-state index in [9.17, 15) is 9.90 Å². The molecule has 7 heteroatoms. The van der Waals surface area contributed by atoms with Gasteiger partial charge in [-0.05, 0) is 59.3 Å². The number of benzene rings is 2. The molecule has 0 radical (unpaired) electrons. The Morgan fingerprint density at radius 2 is 1.68 bits per heavy atom. The molecule has 22 heavy (non-hydrogen) atoms. The number of hydrogen-bond acceptors (Lipinski definition) is 3. The van der Waals surface area contributed by atoms with Crippen LogP contribution < -0.4 is 5.43 Å². The molecule has 0 aliphatic heterocycles. The largest absolute Gasteiger partial charge is 0.507 e. The van der Waals surface area contributed by atoms with Crippen molar-refractivity contribution in [3.63, 3.8) is 0 Å². The minimum absolute atomic E-state index is 0.100. The fourth-order valence-electron chi connectivity index (χ4n) is 1.73. The summed E-state index contributed by atoms with van der Waals surface area (Å²) in [5.41, 5.74) is 4.00. The van der Waals surface area contributed by atoms with E-state index < -0.39 is 0 Å². The number of phenols is 1. The van der Waals surface area contributed by atoms with Crippen LogP contribution in [-0.2, 0) is 0 Å². The van der Waals surface area contributed by atoms with Gasteiger partial charge < -0.3 is 5.11 Å². The van der Waals surface area contributed by atoms with Gasteiger partial charge in [0.15, 0.2) is 0 Å². The number of aromatic hydroxyl groups is 1. The lowest BCUT2D eigenvalue weighted by molar-refractivity contribution is 0.0954. The Morgan fingerprint density at radius 1 is 1.05 bits per heavy atom. The first-order valence-corrected chi connectivity index (χ1v) is 8.55. The highest BCUT2D eigenvalue weighted by molar-refractivity contribution is 9.11. The highest BCUT2D eigenvalue weighted by atomic mass is 79.9. The average Bonchev–Trinajstić information content (AvgIpc) is 2.47.